The van der Waals surface area contributed by atoms with E-state index in [1.807, 2.05) is 11.9 Å². The van der Waals surface area contributed by atoms with Gasteiger partial charge in [-0.2, -0.15) is 0 Å². The average Bonchev–Trinajstić information content (AvgIpc) is 2.13. The van der Waals surface area contributed by atoms with Crippen molar-refractivity contribution in [3.05, 3.63) is 23.5 Å². The van der Waals surface area contributed by atoms with Crippen LogP contribution in [0.3, 0.4) is 0 Å². The Morgan fingerprint density at radius 1 is 1.69 bits per heavy atom. The molecule has 0 aliphatic heterocycles. The standard InChI is InChI=1S/C9H15ClN2O/c1-8(7-9(10)11-2)12(3)5-6-13-4/h7H,1-2,5-6H2,3-4H3. The molecular formula is C9H15ClN2O. The van der Waals surface area contributed by atoms with Crippen molar-refractivity contribution in [2.24, 2.45) is 4.99 Å². The molecule has 74 valence electrons. The van der Waals surface area contributed by atoms with Crippen LogP contribution in [0.2, 0.25) is 0 Å². The third-order valence-electron chi connectivity index (χ3n) is 1.56. The number of rotatable bonds is 6. The van der Waals surface area contributed by atoms with E-state index in [2.05, 4.69) is 18.3 Å². The first-order valence-electron chi connectivity index (χ1n) is 3.84. The van der Waals surface area contributed by atoms with Crippen LogP contribution >= 0.6 is 11.6 Å². The number of aliphatic imine (C=N–C) groups is 1. The van der Waals surface area contributed by atoms with Gasteiger partial charge in [-0.3, -0.25) is 4.99 Å². The Bertz CT molecular complexity index is 214. The van der Waals surface area contributed by atoms with E-state index in [9.17, 15) is 0 Å². The van der Waals surface area contributed by atoms with Crippen LogP contribution in [0.1, 0.15) is 0 Å². The molecule has 0 heterocycles. The van der Waals surface area contributed by atoms with E-state index in [1.165, 1.54) is 0 Å². The molecule has 0 aliphatic carbocycles. The summed E-state index contributed by atoms with van der Waals surface area (Å²) in [7, 11) is 3.57. The fourth-order valence-corrected chi connectivity index (χ4v) is 0.791. The molecule has 0 radical (unpaired) electrons. The third-order valence-corrected chi connectivity index (χ3v) is 1.79. The van der Waals surface area contributed by atoms with Crippen LogP contribution in [0.5, 0.6) is 0 Å². The van der Waals surface area contributed by atoms with Gasteiger partial charge in [-0.05, 0) is 12.8 Å². The fourth-order valence-electron chi connectivity index (χ4n) is 0.665. The lowest BCUT2D eigenvalue weighted by atomic mass is 10.4. The van der Waals surface area contributed by atoms with Gasteiger partial charge in [0.05, 0.1) is 6.61 Å². The van der Waals surface area contributed by atoms with Gasteiger partial charge in [0.2, 0.25) is 0 Å². The van der Waals surface area contributed by atoms with E-state index in [1.54, 1.807) is 13.2 Å². The molecule has 0 unspecified atom stereocenters. The minimum atomic E-state index is 0.342. The zero-order valence-electron chi connectivity index (χ0n) is 8.09. The lowest BCUT2D eigenvalue weighted by Gasteiger charge is -2.18. The first-order valence-corrected chi connectivity index (χ1v) is 4.22. The number of hydrogen-bond acceptors (Lipinski definition) is 3. The predicted molar refractivity (Wildman–Crippen MR) is 57.1 cm³/mol. The summed E-state index contributed by atoms with van der Waals surface area (Å²) in [6.45, 7) is 8.54. The molecule has 0 aliphatic rings. The highest BCUT2D eigenvalue weighted by molar-refractivity contribution is 6.29. The van der Waals surface area contributed by atoms with Crippen molar-refractivity contribution in [3.8, 4) is 0 Å². The number of nitrogens with zero attached hydrogens (tertiary/aromatic N) is 2. The summed E-state index contributed by atoms with van der Waals surface area (Å²) in [5.74, 6) is 0. The zero-order valence-corrected chi connectivity index (χ0v) is 8.84. The van der Waals surface area contributed by atoms with Crippen molar-refractivity contribution in [1.82, 2.24) is 4.90 Å². The Morgan fingerprint density at radius 3 is 2.77 bits per heavy atom. The van der Waals surface area contributed by atoms with Crippen LogP contribution in [0.15, 0.2) is 28.5 Å². The average molecular weight is 203 g/mol. The number of allylic oxidation sites excluding steroid dienone is 1. The van der Waals surface area contributed by atoms with E-state index in [0.29, 0.717) is 11.8 Å². The van der Waals surface area contributed by atoms with E-state index in [0.717, 1.165) is 12.2 Å². The maximum absolute atomic E-state index is 5.65. The predicted octanol–water partition coefficient (Wildman–Crippen LogP) is 1.86. The van der Waals surface area contributed by atoms with E-state index in [4.69, 9.17) is 16.3 Å². The molecule has 0 amide bonds. The molecule has 0 saturated carbocycles. The molecule has 3 nitrogen and oxygen atoms in total. The van der Waals surface area contributed by atoms with Crippen LogP contribution in [0, 0.1) is 0 Å². The molecule has 0 atom stereocenters. The van der Waals surface area contributed by atoms with E-state index >= 15 is 0 Å². The molecule has 0 spiro atoms. The van der Waals surface area contributed by atoms with Crippen LogP contribution in [0.25, 0.3) is 0 Å². The Labute approximate surface area is 84.4 Å². The molecule has 4 heteroatoms. The van der Waals surface area contributed by atoms with E-state index in [-0.39, 0.29) is 0 Å². The molecule has 0 rings (SSSR count). The topological polar surface area (TPSA) is 24.8 Å². The summed E-state index contributed by atoms with van der Waals surface area (Å²) in [4.78, 5) is 5.48. The number of methoxy groups -OCH3 is 1. The molecule has 0 aromatic rings. The SMILES string of the molecule is C=NC(Cl)=CC(=C)N(C)CCOC. The van der Waals surface area contributed by atoms with Crippen LogP contribution < -0.4 is 0 Å². The van der Waals surface area contributed by atoms with Crippen molar-refractivity contribution >= 4 is 18.3 Å². The Hall–Kier alpha value is -0.800. The van der Waals surface area contributed by atoms with Crippen molar-refractivity contribution in [2.75, 3.05) is 27.3 Å². The zero-order chi connectivity index (χ0) is 10.3. The van der Waals surface area contributed by atoms with Gasteiger partial charge >= 0.3 is 0 Å². The number of halogens is 1. The quantitative estimate of drug-likeness (QED) is 0.373. The van der Waals surface area contributed by atoms with Crippen LogP contribution in [-0.4, -0.2) is 38.9 Å². The fraction of sp³-hybridized carbons (Fsp3) is 0.444. The van der Waals surface area contributed by atoms with Gasteiger partial charge in [-0.15, -0.1) is 0 Å². The molecule has 0 bridgehead atoms. The Balaban J connectivity index is 4.03. The largest absolute Gasteiger partial charge is 0.383 e. The van der Waals surface area contributed by atoms with Crippen molar-refractivity contribution in [1.29, 1.82) is 0 Å². The van der Waals surface area contributed by atoms with Gasteiger partial charge in [-0.25, -0.2) is 0 Å². The monoisotopic (exact) mass is 202 g/mol. The van der Waals surface area contributed by atoms with Crippen LogP contribution in [-0.2, 0) is 4.74 Å². The summed E-state index contributed by atoms with van der Waals surface area (Å²) in [5, 5.41) is 0.342. The highest BCUT2D eigenvalue weighted by Gasteiger charge is 1.98. The van der Waals surface area contributed by atoms with Gasteiger partial charge in [-0.1, -0.05) is 18.2 Å². The van der Waals surface area contributed by atoms with Gasteiger partial charge in [0.25, 0.3) is 0 Å². The molecule has 0 saturated heterocycles. The summed E-state index contributed by atoms with van der Waals surface area (Å²) in [5.41, 5.74) is 0.787. The second-order valence-corrected chi connectivity index (χ2v) is 2.92. The lowest BCUT2D eigenvalue weighted by molar-refractivity contribution is 0.175. The normalized spacial score (nSPS) is 11.2. The summed E-state index contributed by atoms with van der Waals surface area (Å²) in [6, 6.07) is 0. The van der Waals surface area contributed by atoms with Crippen molar-refractivity contribution in [3.63, 3.8) is 0 Å². The minimum absolute atomic E-state index is 0.342. The van der Waals surface area contributed by atoms with Crippen molar-refractivity contribution in [2.45, 2.75) is 0 Å². The molecule has 0 aromatic heterocycles. The Morgan fingerprint density at radius 2 is 2.31 bits per heavy atom. The summed E-state index contributed by atoms with van der Waals surface area (Å²) >= 11 is 5.65. The summed E-state index contributed by atoms with van der Waals surface area (Å²) in [6.07, 6.45) is 1.66. The molecule has 0 fully saturated rings. The lowest BCUT2D eigenvalue weighted by Crippen LogP contribution is -2.20. The molecular weight excluding hydrogens is 188 g/mol. The van der Waals surface area contributed by atoms with Gasteiger partial charge in [0.1, 0.15) is 5.16 Å². The first kappa shape index (κ1) is 12.2. The van der Waals surface area contributed by atoms with E-state index < -0.39 is 0 Å². The highest BCUT2D eigenvalue weighted by Crippen LogP contribution is 2.08. The molecule has 13 heavy (non-hydrogen) atoms. The summed E-state index contributed by atoms with van der Waals surface area (Å²) < 4.78 is 4.92. The highest BCUT2D eigenvalue weighted by atomic mass is 35.5. The third kappa shape index (κ3) is 5.44. The maximum atomic E-state index is 5.65. The van der Waals surface area contributed by atoms with Gasteiger partial charge in [0.15, 0.2) is 0 Å². The van der Waals surface area contributed by atoms with Gasteiger partial charge < -0.3 is 9.64 Å². The molecule has 0 N–H and O–H groups in total. The van der Waals surface area contributed by atoms with Gasteiger partial charge in [0, 0.05) is 26.4 Å². The van der Waals surface area contributed by atoms with Crippen LogP contribution in [0.4, 0.5) is 0 Å². The van der Waals surface area contributed by atoms with Crippen molar-refractivity contribution < 1.29 is 4.74 Å². The minimum Gasteiger partial charge on any atom is -0.383 e. The number of ether oxygens (including phenoxy) is 1. The molecule has 0 aromatic carbocycles. The first-order chi connectivity index (χ1) is 6.11. The Kier molecular flexibility index (Phi) is 6.28. The second kappa shape index (κ2) is 6.69. The number of hydrogen-bond donors (Lipinski definition) is 0. The second-order valence-electron chi connectivity index (χ2n) is 2.53. The maximum Gasteiger partial charge on any atom is 0.130 e. The smallest absolute Gasteiger partial charge is 0.130 e. The number of likely N-dealkylation sites (N-methyl/N-ethyl adjacent to an activating group) is 1.